The summed E-state index contributed by atoms with van der Waals surface area (Å²) >= 11 is 1.48. The first-order valence-electron chi connectivity index (χ1n) is 10.2. The molecule has 32 heavy (non-hydrogen) atoms. The van der Waals surface area contributed by atoms with E-state index < -0.39 is 0 Å². The average molecular weight is 449 g/mol. The molecule has 1 aliphatic rings. The van der Waals surface area contributed by atoms with Crippen molar-refractivity contribution in [1.82, 2.24) is 19.7 Å². The van der Waals surface area contributed by atoms with Crippen LogP contribution in [0.2, 0.25) is 0 Å². The Morgan fingerprint density at radius 2 is 2.00 bits per heavy atom. The lowest BCUT2D eigenvalue weighted by Gasteiger charge is -2.20. The molecule has 3 heterocycles. The van der Waals surface area contributed by atoms with E-state index in [0.29, 0.717) is 29.1 Å². The van der Waals surface area contributed by atoms with Gasteiger partial charge in [0.15, 0.2) is 17.8 Å². The Labute approximate surface area is 189 Å². The number of aryl methyl sites for hydroxylation is 2. The van der Waals surface area contributed by atoms with E-state index in [1.54, 1.807) is 6.20 Å². The number of aromatic nitrogens is 4. The van der Waals surface area contributed by atoms with Gasteiger partial charge in [0.25, 0.3) is 0 Å². The van der Waals surface area contributed by atoms with Crippen molar-refractivity contribution in [3.05, 3.63) is 82.8 Å². The van der Waals surface area contributed by atoms with Crippen molar-refractivity contribution >= 4 is 11.8 Å². The molecule has 8 heteroatoms. The number of ether oxygens (including phenoxy) is 2. The number of halogens is 1. The summed E-state index contributed by atoms with van der Waals surface area (Å²) < 4.78 is 27.1. The lowest BCUT2D eigenvalue weighted by Crippen LogP contribution is -2.13. The fourth-order valence-electron chi connectivity index (χ4n) is 3.80. The van der Waals surface area contributed by atoms with Crippen LogP contribution in [0.15, 0.2) is 59.9 Å². The van der Waals surface area contributed by atoms with Gasteiger partial charge in [-0.3, -0.25) is 9.55 Å². The van der Waals surface area contributed by atoms with Crippen molar-refractivity contribution in [1.29, 1.82) is 0 Å². The second-order valence-corrected chi connectivity index (χ2v) is 8.54. The van der Waals surface area contributed by atoms with Crippen molar-refractivity contribution in [2.45, 2.75) is 31.4 Å². The molecule has 162 valence electrons. The van der Waals surface area contributed by atoms with E-state index in [-0.39, 0.29) is 12.6 Å². The molecule has 0 radical (unpaired) electrons. The van der Waals surface area contributed by atoms with Crippen LogP contribution in [0.25, 0.3) is 17.2 Å². The molecule has 5 rings (SSSR count). The second-order valence-electron chi connectivity index (χ2n) is 7.60. The van der Waals surface area contributed by atoms with Gasteiger partial charge in [0.1, 0.15) is 17.3 Å². The fourth-order valence-corrected chi connectivity index (χ4v) is 4.72. The largest absolute Gasteiger partial charge is 0.467 e. The Morgan fingerprint density at radius 3 is 2.81 bits per heavy atom. The zero-order valence-corrected chi connectivity index (χ0v) is 18.5. The highest BCUT2D eigenvalue weighted by molar-refractivity contribution is 7.98. The van der Waals surface area contributed by atoms with E-state index in [1.807, 2.05) is 22.8 Å². The van der Waals surface area contributed by atoms with Gasteiger partial charge in [0.05, 0.1) is 12.3 Å². The topological polar surface area (TPSA) is 62.1 Å². The number of nitrogens with zero attached hydrogens (tertiary/aromatic N) is 4. The van der Waals surface area contributed by atoms with Crippen molar-refractivity contribution < 1.29 is 13.9 Å². The van der Waals surface area contributed by atoms with Crippen LogP contribution in [0.5, 0.6) is 5.75 Å². The third-order valence-electron chi connectivity index (χ3n) is 5.23. The number of pyridine rings is 1. The molecule has 0 saturated heterocycles. The standard InChI is InChI=1S/C24H21FN4O2S/c1-15-6-7-21(16(2)9-15)29-23(20-5-3-4-8-26-20)27-28-24(29)32-13-18-11-19(25)10-17-12-30-14-31-22(17)18/h3-11H,12-14H2,1-2H3. The molecule has 0 fully saturated rings. The SMILES string of the molecule is Cc1ccc(-n2c(SCc3cc(F)cc4c3OCOC4)nnc2-c2ccccn2)c(C)c1. The molecule has 0 aliphatic carbocycles. The minimum Gasteiger partial charge on any atom is -0.467 e. The maximum Gasteiger partial charge on any atom is 0.196 e. The Balaban J connectivity index is 1.55. The maximum absolute atomic E-state index is 14.2. The number of fused-ring (bicyclic) bond motifs is 1. The van der Waals surface area contributed by atoms with Crippen LogP contribution in [0.1, 0.15) is 22.3 Å². The molecule has 2 aromatic carbocycles. The van der Waals surface area contributed by atoms with Crippen LogP contribution in [0, 0.1) is 19.7 Å². The molecular weight excluding hydrogens is 427 g/mol. The second kappa shape index (κ2) is 8.72. The van der Waals surface area contributed by atoms with Crippen molar-refractivity contribution in [2.75, 3.05) is 6.79 Å². The normalized spacial score (nSPS) is 13.0. The minimum atomic E-state index is -0.307. The van der Waals surface area contributed by atoms with Gasteiger partial charge in [-0.15, -0.1) is 10.2 Å². The summed E-state index contributed by atoms with van der Waals surface area (Å²) in [5, 5.41) is 9.60. The van der Waals surface area contributed by atoms with Crippen LogP contribution in [0.4, 0.5) is 4.39 Å². The molecule has 0 bridgehead atoms. The number of benzene rings is 2. The molecule has 0 unspecified atom stereocenters. The van der Waals surface area contributed by atoms with Gasteiger partial charge < -0.3 is 9.47 Å². The quantitative estimate of drug-likeness (QED) is 0.389. The number of thioether (sulfide) groups is 1. The first-order valence-corrected chi connectivity index (χ1v) is 11.2. The highest BCUT2D eigenvalue weighted by atomic mass is 32.2. The van der Waals surface area contributed by atoms with Gasteiger partial charge in [-0.25, -0.2) is 4.39 Å². The van der Waals surface area contributed by atoms with Crippen LogP contribution in [0.3, 0.4) is 0 Å². The fraction of sp³-hybridized carbons (Fsp3) is 0.208. The van der Waals surface area contributed by atoms with Crippen LogP contribution >= 0.6 is 11.8 Å². The molecule has 2 aromatic heterocycles. The molecule has 0 amide bonds. The highest BCUT2D eigenvalue weighted by Crippen LogP contribution is 2.35. The van der Waals surface area contributed by atoms with Gasteiger partial charge in [0, 0.05) is 23.1 Å². The predicted molar refractivity (Wildman–Crippen MR) is 120 cm³/mol. The summed E-state index contributed by atoms with van der Waals surface area (Å²) in [6.07, 6.45) is 1.74. The summed E-state index contributed by atoms with van der Waals surface area (Å²) in [7, 11) is 0. The molecule has 6 nitrogen and oxygen atoms in total. The summed E-state index contributed by atoms with van der Waals surface area (Å²) in [6.45, 7) is 4.64. The van der Waals surface area contributed by atoms with E-state index in [4.69, 9.17) is 9.47 Å². The summed E-state index contributed by atoms with van der Waals surface area (Å²) in [6, 6.07) is 14.9. The van der Waals surface area contributed by atoms with Gasteiger partial charge >= 0.3 is 0 Å². The third kappa shape index (κ3) is 3.99. The zero-order chi connectivity index (χ0) is 22.1. The van der Waals surface area contributed by atoms with E-state index in [9.17, 15) is 4.39 Å². The molecule has 1 aliphatic heterocycles. The van der Waals surface area contributed by atoms with Crippen molar-refractivity contribution in [2.24, 2.45) is 0 Å². The van der Waals surface area contributed by atoms with Gasteiger partial charge in [-0.2, -0.15) is 0 Å². The molecule has 0 spiro atoms. The minimum absolute atomic E-state index is 0.166. The third-order valence-corrected chi connectivity index (χ3v) is 6.21. The molecule has 0 saturated carbocycles. The first kappa shape index (κ1) is 20.7. The monoisotopic (exact) mass is 448 g/mol. The average Bonchev–Trinajstić information content (AvgIpc) is 3.21. The molecule has 0 N–H and O–H groups in total. The van der Waals surface area contributed by atoms with E-state index in [2.05, 4.69) is 47.2 Å². The smallest absolute Gasteiger partial charge is 0.196 e. The summed E-state index contributed by atoms with van der Waals surface area (Å²) in [5.74, 6) is 1.52. The van der Waals surface area contributed by atoms with Crippen molar-refractivity contribution in [3.63, 3.8) is 0 Å². The molecule has 4 aromatic rings. The Bertz CT molecular complexity index is 1280. The lowest BCUT2D eigenvalue weighted by atomic mass is 10.1. The van der Waals surface area contributed by atoms with Crippen LogP contribution in [-0.4, -0.2) is 26.5 Å². The number of hydrogen-bond acceptors (Lipinski definition) is 6. The lowest BCUT2D eigenvalue weighted by molar-refractivity contribution is -0.0171. The van der Waals surface area contributed by atoms with E-state index in [1.165, 1.54) is 29.5 Å². The Hall–Kier alpha value is -3.23. The Morgan fingerprint density at radius 1 is 1.09 bits per heavy atom. The first-order chi connectivity index (χ1) is 15.6. The maximum atomic E-state index is 14.2. The van der Waals surface area contributed by atoms with Gasteiger partial charge in [-0.05, 0) is 49.7 Å². The zero-order valence-electron chi connectivity index (χ0n) is 17.7. The number of rotatable bonds is 5. The van der Waals surface area contributed by atoms with Gasteiger partial charge in [-0.1, -0.05) is 35.5 Å². The van der Waals surface area contributed by atoms with Crippen LogP contribution in [-0.2, 0) is 17.1 Å². The van der Waals surface area contributed by atoms with Crippen LogP contribution < -0.4 is 4.74 Å². The van der Waals surface area contributed by atoms with E-state index in [0.717, 1.165) is 28.1 Å². The Kier molecular flexibility index (Phi) is 5.63. The number of hydrogen-bond donors (Lipinski definition) is 0. The van der Waals surface area contributed by atoms with Crippen molar-refractivity contribution in [3.8, 4) is 23.0 Å². The predicted octanol–water partition coefficient (Wildman–Crippen LogP) is 5.24. The highest BCUT2D eigenvalue weighted by Gasteiger charge is 2.21. The summed E-state index contributed by atoms with van der Waals surface area (Å²) in [4.78, 5) is 4.47. The summed E-state index contributed by atoms with van der Waals surface area (Å²) in [5.41, 5.74) is 5.48. The molecular formula is C24H21FN4O2S. The molecule has 0 atom stereocenters. The van der Waals surface area contributed by atoms with E-state index >= 15 is 0 Å². The van der Waals surface area contributed by atoms with Gasteiger partial charge in [0.2, 0.25) is 0 Å².